The lowest BCUT2D eigenvalue weighted by atomic mass is 9.97. The second-order valence-electron chi connectivity index (χ2n) is 6.65. The number of hydrogen-bond acceptors (Lipinski definition) is 4. The third-order valence-corrected chi connectivity index (χ3v) is 4.37. The van der Waals surface area contributed by atoms with Crippen molar-refractivity contribution in [1.82, 2.24) is 10.2 Å². The number of hydrogen-bond donors (Lipinski definition) is 2. The Bertz CT molecular complexity index is 548. The van der Waals surface area contributed by atoms with Crippen LogP contribution in [0.25, 0.3) is 0 Å². The number of carbonyl (C=O) groups excluding carboxylic acids is 2. The number of nitrogens with one attached hydrogen (secondary N) is 1. The van der Waals surface area contributed by atoms with Crippen LogP contribution in [0.3, 0.4) is 0 Å². The van der Waals surface area contributed by atoms with Gasteiger partial charge in [0.1, 0.15) is 5.75 Å². The average Bonchev–Trinajstić information content (AvgIpc) is 2.62. The van der Waals surface area contributed by atoms with Crippen LogP contribution in [-0.4, -0.2) is 49.0 Å². The van der Waals surface area contributed by atoms with Crippen LogP contribution in [0.5, 0.6) is 5.75 Å². The molecule has 0 radical (unpaired) electrons. The van der Waals surface area contributed by atoms with E-state index in [0.717, 1.165) is 25.0 Å². The van der Waals surface area contributed by atoms with Crippen LogP contribution >= 0.6 is 0 Å². The summed E-state index contributed by atoms with van der Waals surface area (Å²) >= 11 is 0. The summed E-state index contributed by atoms with van der Waals surface area (Å²) in [7, 11) is 0. The maximum absolute atomic E-state index is 12.4. The molecule has 25 heavy (non-hydrogen) atoms. The van der Waals surface area contributed by atoms with Gasteiger partial charge in [-0.25, -0.2) is 0 Å². The van der Waals surface area contributed by atoms with E-state index in [1.807, 2.05) is 37.3 Å². The largest absolute Gasteiger partial charge is 0.493 e. The summed E-state index contributed by atoms with van der Waals surface area (Å²) in [5.41, 5.74) is 5.69. The Kier molecular flexibility index (Phi) is 7.73. The average molecular weight is 347 g/mol. The molecule has 0 aromatic heterocycles. The summed E-state index contributed by atoms with van der Waals surface area (Å²) in [6, 6.07) is 9.54. The van der Waals surface area contributed by atoms with E-state index in [4.69, 9.17) is 10.5 Å². The van der Waals surface area contributed by atoms with Crippen LogP contribution in [0, 0.1) is 5.92 Å². The molecule has 1 aliphatic rings. The quantitative estimate of drug-likeness (QED) is 0.747. The second kappa shape index (κ2) is 10.0. The standard InChI is InChI=1S/C19H29N3O3/c1-15(20)9-11-21-19(24)16-6-5-12-22(14-16)18(23)10-13-25-17-7-3-2-4-8-17/h2-4,7-8,15-16H,5-6,9-14,20H2,1H3,(H,21,24). The fourth-order valence-electron chi connectivity index (χ4n) is 2.92. The number of likely N-dealkylation sites (tertiary alicyclic amines) is 1. The molecule has 1 aromatic rings. The summed E-state index contributed by atoms with van der Waals surface area (Å²) in [5, 5.41) is 2.93. The van der Waals surface area contributed by atoms with Gasteiger partial charge in [-0.05, 0) is 38.3 Å². The summed E-state index contributed by atoms with van der Waals surface area (Å²) < 4.78 is 5.58. The molecule has 6 nitrogen and oxygen atoms in total. The minimum absolute atomic E-state index is 0.0266. The molecule has 3 N–H and O–H groups in total. The fourth-order valence-corrected chi connectivity index (χ4v) is 2.92. The summed E-state index contributed by atoms with van der Waals surface area (Å²) in [6.45, 7) is 4.07. The molecule has 1 fully saturated rings. The van der Waals surface area contributed by atoms with Crippen molar-refractivity contribution in [2.24, 2.45) is 11.7 Å². The Morgan fingerprint density at radius 2 is 2.12 bits per heavy atom. The molecule has 2 unspecified atom stereocenters. The molecule has 2 rings (SSSR count). The predicted molar refractivity (Wildman–Crippen MR) is 97.1 cm³/mol. The first kappa shape index (κ1) is 19.2. The van der Waals surface area contributed by atoms with Crippen molar-refractivity contribution in [2.75, 3.05) is 26.2 Å². The van der Waals surface area contributed by atoms with E-state index in [1.165, 1.54) is 0 Å². The molecule has 0 aliphatic carbocycles. The summed E-state index contributed by atoms with van der Waals surface area (Å²) in [5.74, 6) is 0.712. The van der Waals surface area contributed by atoms with Crippen LogP contribution in [0.1, 0.15) is 32.6 Å². The number of ether oxygens (including phenoxy) is 1. The molecule has 1 saturated heterocycles. The highest BCUT2D eigenvalue weighted by Crippen LogP contribution is 2.18. The number of benzene rings is 1. The molecular formula is C19H29N3O3. The van der Waals surface area contributed by atoms with Crippen molar-refractivity contribution < 1.29 is 14.3 Å². The van der Waals surface area contributed by atoms with Crippen LogP contribution in [-0.2, 0) is 9.59 Å². The smallest absolute Gasteiger partial charge is 0.226 e. The van der Waals surface area contributed by atoms with Crippen LogP contribution in [0.15, 0.2) is 30.3 Å². The zero-order valence-corrected chi connectivity index (χ0v) is 14.9. The van der Waals surface area contributed by atoms with Crippen molar-refractivity contribution in [3.8, 4) is 5.75 Å². The van der Waals surface area contributed by atoms with Crippen molar-refractivity contribution in [3.05, 3.63) is 30.3 Å². The number of carbonyl (C=O) groups is 2. The van der Waals surface area contributed by atoms with E-state index < -0.39 is 0 Å². The fraction of sp³-hybridized carbons (Fsp3) is 0.579. The van der Waals surface area contributed by atoms with E-state index >= 15 is 0 Å². The second-order valence-corrected chi connectivity index (χ2v) is 6.65. The Morgan fingerprint density at radius 3 is 2.84 bits per heavy atom. The summed E-state index contributed by atoms with van der Waals surface area (Å²) in [4.78, 5) is 26.4. The van der Waals surface area contributed by atoms with Crippen molar-refractivity contribution in [3.63, 3.8) is 0 Å². The minimum atomic E-state index is -0.124. The van der Waals surface area contributed by atoms with E-state index in [-0.39, 0.29) is 23.8 Å². The maximum atomic E-state index is 12.4. The third kappa shape index (κ3) is 6.74. The number of nitrogens with zero attached hydrogens (tertiary/aromatic N) is 1. The zero-order chi connectivity index (χ0) is 18.1. The molecule has 1 heterocycles. The van der Waals surface area contributed by atoms with Gasteiger partial charge in [-0.2, -0.15) is 0 Å². The molecule has 0 spiro atoms. The van der Waals surface area contributed by atoms with Gasteiger partial charge in [0.15, 0.2) is 0 Å². The number of amides is 2. The van der Waals surface area contributed by atoms with Gasteiger partial charge in [0, 0.05) is 25.7 Å². The maximum Gasteiger partial charge on any atom is 0.226 e. The molecule has 1 aromatic carbocycles. The third-order valence-electron chi connectivity index (χ3n) is 4.37. The van der Waals surface area contributed by atoms with Gasteiger partial charge >= 0.3 is 0 Å². The van der Waals surface area contributed by atoms with E-state index in [2.05, 4.69) is 5.32 Å². The van der Waals surface area contributed by atoms with Gasteiger partial charge in [-0.15, -0.1) is 0 Å². The van der Waals surface area contributed by atoms with Crippen LogP contribution < -0.4 is 15.8 Å². The van der Waals surface area contributed by atoms with Crippen molar-refractivity contribution in [1.29, 1.82) is 0 Å². The molecule has 0 bridgehead atoms. The molecule has 2 atom stereocenters. The van der Waals surface area contributed by atoms with Gasteiger partial charge in [0.05, 0.1) is 18.9 Å². The number of piperidine rings is 1. The molecule has 1 aliphatic heterocycles. The van der Waals surface area contributed by atoms with E-state index in [9.17, 15) is 9.59 Å². The topological polar surface area (TPSA) is 84.7 Å². The molecule has 6 heteroatoms. The Labute approximate surface area is 149 Å². The lowest BCUT2D eigenvalue weighted by Gasteiger charge is -2.32. The lowest BCUT2D eigenvalue weighted by Crippen LogP contribution is -2.46. The Hall–Kier alpha value is -2.08. The SMILES string of the molecule is CC(N)CCNC(=O)C1CCCN(C(=O)CCOc2ccccc2)C1. The van der Waals surface area contributed by atoms with Gasteiger partial charge in [-0.3, -0.25) is 9.59 Å². The highest BCUT2D eigenvalue weighted by atomic mass is 16.5. The zero-order valence-electron chi connectivity index (χ0n) is 14.9. The Balaban J connectivity index is 1.72. The summed E-state index contributed by atoms with van der Waals surface area (Å²) in [6.07, 6.45) is 2.77. The normalized spacial score (nSPS) is 18.5. The van der Waals surface area contributed by atoms with Crippen LogP contribution in [0.4, 0.5) is 0 Å². The first-order chi connectivity index (χ1) is 12.1. The number of nitrogens with two attached hydrogens (primary N) is 1. The molecular weight excluding hydrogens is 318 g/mol. The molecule has 0 saturated carbocycles. The monoisotopic (exact) mass is 347 g/mol. The van der Waals surface area contributed by atoms with Gasteiger partial charge in [-0.1, -0.05) is 18.2 Å². The van der Waals surface area contributed by atoms with Gasteiger partial charge in [0.25, 0.3) is 0 Å². The first-order valence-electron chi connectivity index (χ1n) is 9.05. The van der Waals surface area contributed by atoms with Gasteiger partial charge in [0.2, 0.25) is 11.8 Å². The first-order valence-corrected chi connectivity index (χ1v) is 9.05. The number of rotatable bonds is 8. The minimum Gasteiger partial charge on any atom is -0.493 e. The predicted octanol–water partition coefficient (Wildman–Crippen LogP) is 1.55. The highest BCUT2D eigenvalue weighted by molar-refractivity contribution is 5.81. The van der Waals surface area contributed by atoms with Crippen molar-refractivity contribution >= 4 is 11.8 Å². The van der Waals surface area contributed by atoms with Gasteiger partial charge < -0.3 is 20.7 Å². The Morgan fingerprint density at radius 1 is 1.36 bits per heavy atom. The highest BCUT2D eigenvalue weighted by Gasteiger charge is 2.28. The number of para-hydroxylation sites is 1. The van der Waals surface area contributed by atoms with Crippen LogP contribution in [0.2, 0.25) is 0 Å². The molecule has 2 amide bonds. The van der Waals surface area contributed by atoms with Crippen molar-refractivity contribution in [2.45, 2.75) is 38.6 Å². The van der Waals surface area contributed by atoms with E-state index in [0.29, 0.717) is 32.7 Å². The lowest BCUT2D eigenvalue weighted by molar-refractivity contribution is -0.136. The van der Waals surface area contributed by atoms with E-state index in [1.54, 1.807) is 4.90 Å². The molecule has 138 valence electrons.